The summed E-state index contributed by atoms with van der Waals surface area (Å²) in [6, 6.07) is 8.28. The van der Waals surface area contributed by atoms with Gasteiger partial charge in [-0.05, 0) is 45.1 Å². The Kier molecular flexibility index (Phi) is 7.65. The van der Waals surface area contributed by atoms with Gasteiger partial charge in [0.05, 0.1) is 17.5 Å². The molecule has 2 heterocycles. The predicted octanol–water partition coefficient (Wildman–Crippen LogP) is 5.05. The van der Waals surface area contributed by atoms with Crippen molar-refractivity contribution in [1.29, 1.82) is 0 Å². The third-order valence-corrected chi connectivity index (χ3v) is 6.51. The van der Waals surface area contributed by atoms with Gasteiger partial charge in [-0.25, -0.2) is 9.59 Å². The third-order valence-electron chi connectivity index (χ3n) is 5.66. The van der Waals surface area contributed by atoms with Gasteiger partial charge < -0.3 is 14.6 Å². The van der Waals surface area contributed by atoms with Gasteiger partial charge in [-0.15, -0.1) is 11.3 Å². The number of benzene rings is 1. The summed E-state index contributed by atoms with van der Waals surface area (Å²) >= 11 is 1.25. The summed E-state index contributed by atoms with van der Waals surface area (Å²) in [7, 11) is 0. The summed E-state index contributed by atoms with van der Waals surface area (Å²) in [6.07, 6.45) is 0.959. The van der Waals surface area contributed by atoms with Crippen LogP contribution in [0.5, 0.6) is 0 Å². The van der Waals surface area contributed by atoms with Gasteiger partial charge in [-0.1, -0.05) is 44.2 Å². The quantitative estimate of drug-likeness (QED) is 0.543. The Morgan fingerprint density at radius 1 is 1.24 bits per heavy atom. The van der Waals surface area contributed by atoms with Crippen molar-refractivity contribution in [3.63, 3.8) is 0 Å². The van der Waals surface area contributed by atoms with Crippen LogP contribution < -0.4 is 0 Å². The molecule has 0 spiro atoms. The molecule has 1 N–H and O–H groups in total. The van der Waals surface area contributed by atoms with E-state index in [1.165, 1.54) is 16.2 Å². The summed E-state index contributed by atoms with van der Waals surface area (Å²) < 4.78 is 11.4. The first-order valence-electron chi connectivity index (χ1n) is 11.3. The van der Waals surface area contributed by atoms with Crippen molar-refractivity contribution < 1.29 is 29.0 Å². The molecule has 1 amide bonds. The van der Waals surface area contributed by atoms with Gasteiger partial charge in [0, 0.05) is 11.1 Å². The molecule has 1 saturated heterocycles. The van der Waals surface area contributed by atoms with Crippen molar-refractivity contribution >= 4 is 29.4 Å². The third kappa shape index (κ3) is 5.58. The Morgan fingerprint density at radius 3 is 2.44 bits per heavy atom. The van der Waals surface area contributed by atoms with Gasteiger partial charge >= 0.3 is 18.0 Å². The molecule has 8 nitrogen and oxygen atoms in total. The lowest BCUT2D eigenvalue weighted by Gasteiger charge is -2.40. The van der Waals surface area contributed by atoms with E-state index in [4.69, 9.17) is 9.47 Å². The number of nitrogens with zero attached hydrogens (tertiary/aromatic N) is 2. The fourth-order valence-electron chi connectivity index (χ4n) is 4.51. The van der Waals surface area contributed by atoms with Crippen LogP contribution in [-0.4, -0.2) is 44.2 Å². The predicted molar refractivity (Wildman–Crippen MR) is 127 cm³/mol. The number of thiazole rings is 1. The average molecular weight is 489 g/mol. The minimum atomic E-state index is -1.49. The molecule has 2 aromatic rings. The molecule has 184 valence electrons. The number of likely N-dealkylation sites (tertiary alicyclic amines) is 1. The molecule has 1 aromatic heterocycles. The summed E-state index contributed by atoms with van der Waals surface area (Å²) in [5.74, 6) is -2.75. The first-order chi connectivity index (χ1) is 15.9. The summed E-state index contributed by atoms with van der Waals surface area (Å²) in [4.78, 5) is 45.7. The summed E-state index contributed by atoms with van der Waals surface area (Å²) in [5.41, 5.74) is 0.0536. The number of rotatable bonds is 7. The Balaban J connectivity index is 2.10. The van der Waals surface area contributed by atoms with Crippen molar-refractivity contribution in [2.24, 2.45) is 11.8 Å². The second kappa shape index (κ2) is 10.1. The van der Waals surface area contributed by atoms with Gasteiger partial charge in [0.15, 0.2) is 0 Å². The number of carboxylic acid groups (broad SMARTS) is 1. The monoisotopic (exact) mass is 488 g/mol. The van der Waals surface area contributed by atoms with E-state index in [-0.39, 0.29) is 25.4 Å². The molecular weight excluding hydrogens is 456 g/mol. The highest BCUT2D eigenvalue weighted by Crippen LogP contribution is 2.51. The van der Waals surface area contributed by atoms with Gasteiger partial charge in [0.2, 0.25) is 0 Å². The Hall–Kier alpha value is -2.94. The topological polar surface area (TPSA) is 106 Å². The number of ether oxygens (including phenoxy) is 2. The maximum Gasteiger partial charge on any atom is 0.411 e. The largest absolute Gasteiger partial charge is 0.481 e. The molecule has 1 aromatic carbocycles. The first-order valence-corrected chi connectivity index (χ1v) is 12.2. The van der Waals surface area contributed by atoms with Crippen LogP contribution in [0.15, 0.2) is 42.0 Å². The van der Waals surface area contributed by atoms with E-state index in [0.29, 0.717) is 4.88 Å². The van der Waals surface area contributed by atoms with E-state index in [1.807, 2.05) is 44.2 Å². The van der Waals surface area contributed by atoms with E-state index in [9.17, 15) is 19.5 Å². The molecular formula is C25H32N2O6S. The van der Waals surface area contributed by atoms with Crippen LogP contribution in [0.3, 0.4) is 0 Å². The molecule has 34 heavy (non-hydrogen) atoms. The minimum absolute atomic E-state index is 0.00456. The molecule has 0 radical (unpaired) electrons. The van der Waals surface area contributed by atoms with Crippen LogP contribution in [0.2, 0.25) is 0 Å². The molecule has 0 bridgehead atoms. The van der Waals surface area contributed by atoms with E-state index < -0.39 is 41.1 Å². The molecule has 1 fully saturated rings. The lowest BCUT2D eigenvalue weighted by molar-refractivity contribution is -0.169. The van der Waals surface area contributed by atoms with Crippen LogP contribution in [0, 0.1) is 11.8 Å². The minimum Gasteiger partial charge on any atom is -0.481 e. The molecule has 0 aliphatic carbocycles. The second-order valence-corrected chi connectivity index (χ2v) is 11.0. The number of carboxylic acids is 1. The summed E-state index contributed by atoms with van der Waals surface area (Å²) in [6.45, 7) is 9.09. The normalized spacial score (nSPS) is 22.6. The van der Waals surface area contributed by atoms with Gasteiger partial charge in [0.1, 0.15) is 17.7 Å². The van der Waals surface area contributed by atoms with Crippen molar-refractivity contribution in [2.75, 3.05) is 0 Å². The van der Waals surface area contributed by atoms with Crippen LogP contribution in [0.4, 0.5) is 4.79 Å². The van der Waals surface area contributed by atoms with Crippen molar-refractivity contribution in [3.8, 4) is 0 Å². The van der Waals surface area contributed by atoms with Gasteiger partial charge in [0.25, 0.3) is 0 Å². The number of amides is 1. The van der Waals surface area contributed by atoms with E-state index in [0.717, 1.165) is 5.56 Å². The number of esters is 1. The molecule has 0 saturated carbocycles. The SMILES string of the molecule is CC(C)C[C@]1(C(=O)OC(C)(C)C)C[C@H](C(=O)O)[C@H](c2cncs2)N1C(=O)OCc1ccccc1. The zero-order valence-electron chi connectivity index (χ0n) is 20.2. The standard InChI is InChI=1S/C25H32N2O6S/c1-16(2)11-25(22(30)33-24(3,4)5)12-18(21(28)29)20(19-13-26-15-34-19)27(25)23(31)32-14-17-9-7-6-8-10-17/h6-10,13,15-16,18,20H,11-12,14H2,1-5H3,(H,28,29)/t18-,20+,25+/m0/s1. The van der Waals surface area contributed by atoms with E-state index >= 15 is 0 Å². The van der Waals surface area contributed by atoms with E-state index in [1.54, 1.807) is 32.5 Å². The Bertz CT molecular complexity index is 1000. The van der Waals surface area contributed by atoms with Crippen LogP contribution >= 0.6 is 11.3 Å². The zero-order valence-corrected chi connectivity index (χ0v) is 21.0. The zero-order chi connectivity index (χ0) is 25.1. The first kappa shape index (κ1) is 25.7. The second-order valence-electron chi connectivity index (χ2n) is 10.0. The van der Waals surface area contributed by atoms with Gasteiger partial charge in [-0.3, -0.25) is 14.7 Å². The summed E-state index contributed by atoms with van der Waals surface area (Å²) in [5, 5.41) is 10.1. The molecule has 3 rings (SSSR count). The lowest BCUT2D eigenvalue weighted by Crippen LogP contribution is -2.56. The molecule has 1 aliphatic rings. The number of hydrogen-bond donors (Lipinski definition) is 1. The number of hydrogen-bond acceptors (Lipinski definition) is 7. The van der Waals surface area contributed by atoms with E-state index in [2.05, 4.69) is 4.98 Å². The lowest BCUT2D eigenvalue weighted by atomic mass is 9.83. The maximum atomic E-state index is 13.7. The Labute approximate surface area is 203 Å². The number of aliphatic carboxylic acids is 1. The van der Waals surface area contributed by atoms with Crippen LogP contribution in [0.25, 0.3) is 0 Å². The average Bonchev–Trinajstić information content (AvgIpc) is 3.38. The highest BCUT2D eigenvalue weighted by Gasteiger charge is 2.62. The van der Waals surface area contributed by atoms with Crippen molar-refractivity contribution in [3.05, 3.63) is 52.5 Å². The smallest absolute Gasteiger partial charge is 0.411 e. The maximum absolute atomic E-state index is 13.7. The van der Waals surface area contributed by atoms with Crippen LogP contribution in [0.1, 0.15) is 63.9 Å². The van der Waals surface area contributed by atoms with Gasteiger partial charge in [-0.2, -0.15) is 0 Å². The fourth-order valence-corrected chi connectivity index (χ4v) is 5.29. The molecule has 1 aliphatic heterocycles. The van der Waals surface area contributed by atoms with Crippen LogP contribution in [-0.2, 0) is 25.7 Å². The highest BCUT2D eigenvalue weighted by atomic mass is 32.1. The highest BCUT2D eigenvalue weighted by molar-refractivity contribution is 7.09. The molecule has 0 unspecified atom stereocenters. The van der Waals surface area contributed by atoms with Crippen molar-refractivity contribution in [1.82, 2.24) is 9.88 Å². The molecule has 9 heteroatoms. The number of carbonyl (C=O) groups is 3. The Morgan fingerprint density at radius 2 is 1.91 bits per heavy atom. The molecule has 3 atom stereocenters. The number of aromatic nitrogens is 1. The van der Waals surface area contributed by atoms with Crippen molar-refractivity contribution in [2.45, 2.75) is 71.2 Å². The fraction of sp³-hybridized carbons (Fsp3) is 0.520. The number of carbonyl (C=O) groups excluding carboxylic acids is 2.